The van der Waals surface area contributed by atoms with E-state index in [1.807, 2.05) is 59.5 Å². The van der Waals surface area contributed by atoms with Crippen LogP contribution in [0.1, 0.15) is 18.5 Å². The third-order valence-corrected chi connectivity index (χ3v) is 7.35. The average Bonchev–Trinajstić information content (AvgIpc) is 3.39. The Morgan fingerprint density at radius 2 is 1.83 bits per heavy atom. The molecule has 1 N–H and O–H groups in total. The number of aromatic nitrogens is 1. The third-order valence-electron chi connectivity index (χ3n) is 7.35. The number of hydrogen-bond acceptors (Lipinski definition) is 6. The molecule has 35 heavy (non-hydrogen) atoms. The standard InChI is InChI=1S/C28H34N4O3/c1-34-26-10-6-5-9-25(26)31-13-15-32(16-14-31)28(33)18-22-11-12-29-20-23(22)17-24-19-27(35-30-24)21-7-3-2-4-8-21/h2-10,19,22-23,29H,11-18,20H2,1H3/t22-,23-/m0/s1. The maximum atomic E-state index is 13.2. The molecule has 0 unspecified atom stereocenters. The number of rotatable bonds is 7. The van der Waals surface area contributed by atoms with Crippen molar-refractivity contribution in [2.75, 3.05) is 51.3 Å². The summed E-state index contributed by atoms with van der Waals surface area (Å²) in [4.78, 5) is 17.6. The number of piperazine rings is 1. The summed E-state index contributed by atoms with van der Waals surface area (Å²) in [6, 6.07) is 20.2. The van der Waals surface area contributed by atoms with Crippen molar-refractivity contribution < 1.29 is 14.1 Å². The van der Waals surface area contributed by atoms with Crippen molar-refractivity contribution >= 4 is 11.6 Å². The number of carbonyl (C=O) groups is 1. The summed E-state index contributed by atoms with van der Waals surface area (Å²) >= 11 is 0. The van der Waals surface area contributed by atoms with Crippen LogP contribution in [0.4, 0.5) is 5.69 Å². The van der Waals surface area contributed by atoms with E-state index in [9.17, 15) is 4.79 Å². The van der Waals surface area contributed by atoms with Gasteiger partial charge in [-0.05, 0) is 49.9 Å². The van der Waals surface area contributed by atoms with Gasteiger partial charge in [0.25, 0.3) is 0 Å². The normalized spacial score (nSPS) is 20.6. The molecule has 2 aromatic carbocycles. The van der Waals surface area contributed by atoms with Gasteiger partial charge in [0, 0.05) is 44.2 Å². The van der Waals surface area contributed by atoms with Gasteiger partial charge in [0.1, 0.15) is 5.75 Å². The number of nitrogens with zero attached hydrogens (tertiary/aromatic N) is 3. The zero-order valence-electron chi connectivity index (χ0n) is 20.4. The molecule has 7 heteroatoms. The number of benzene rings is 2. The summed E-state index contributed by atoms with van der Waals surface area (Å²) in [5, 5.41) is 7.84. The van der Waals surface area contributed by atoms with Gasteiger partial charge in [0.15, 0.2) is 5.76 Å². The summed E-state index contributed by atoms with van der Waals surface area (Å²) in [7, 11) is 1.70. The van der Waals surface area contributed by atoms with E-state index in [4.69, 9.17) is 9.26 Å². The fraction of sp³-hybridized carbons (Fsp3) is 0.429. The summed E-state index contributed by atoms with van der Waals surface area (Å²) in [5.41, 5.74) is 3.09. The summed E-state index contributed by atoms with van der Waals surface area (Å²) in [5.74, 6) is 2.67. The minimum absolute atomic E-state index is 0.270. The SMILES string of the molecule is COc1ccccc1N1CCN(C(=O)C[C@@H]2CCNC[C@@H]2Cc2cc(-c3ccccc3)on2)CC1. The van der Waals surface area contributed by atoms with Crippen LogP contribution in [0.2, 0.25) is 0 Å². The fourth-order valence-electron chi connectivity index (χ4n) is 5.34. The molecule has 0 radical (unpaired) electrons. The van der Waals surface area contributed by atoms with E-state index in [1.54, 1.807) is 7.11 Å². The number of methoxy groups -OCH3 is 1. The topological polar surface area (TPSA) is 70.8 Å². The van der Waals surface area contributed by atoms with Crippen LogP contribution in [0.3, 0.4) is 0 Å². The average molecular weight is 475 g/mol. The molecule has 3 heterocycles. The summed E-state index contributed by atoms with van der Waals surface area (Å²) in [6.45, 7) is 5.01. The van der Waals surface area contributed by atoms with Gasteiger partial charge < -0.3 is 24.4 Å². The molecule has 0 bridgehead atoms. The van der Waals surface area contributed by atoms with Crippen LogP contribution in [0, 0.1) is 11.8 Å². The van der Waals surface area contributed by atoms with Crippen molar-refractivity contribution in [2.24, 2.45) is 11.8 Å². The maximum absolute atomic E-state index is 13.2. The molecule has 0 saturated carbocycles. The predicted octanol–water partition coefficient (Wildman–Crippen LogP) is 3.86. The monoisotopic (exact) mass is 474 g/mol. The largest absolute Gasteiger partial charge is 0.495 e. The number of ether oxygens (including phenoxy) is 1. The van der Waals surface area contributed by atoms with Crippen LogP contribution in [-0.4, -0.2) is 62.3 Å². The lowest BCUT2D eigenvalue weighted by atomic mass is 9.81. The van der Waals surface area contributed by atoms with Gasteiger partial charge in [-0.2, -0.15) is 0 Å². The first kappa shape index (κ1) is 23.4. The van der Waals surface area contributed by atoms with Gasteiger partial charge in [0.2, 0.25) is 5.91 Å². The molecule has 0 spiro atoms. The molecular formula is C28H34N4O3. The van der Waals surface area contributed by atoms with Gasteiger partial charge in [-0.1, -0.05) is 47.6 Å². The van der Waals surface area contributed by atoms with E-state index in [0.29, 0.717) is 18.3 Å². The molecule has 2 saturated heterocycles. The zero-order chi connectivity index (χ0) is 24.0. The molecule has 0 aliphatic carbocycles. The third kappa shape index (κ3) is 5.51. The van der Waals surface area contributed by atoms with Crippen molar-refractivity contribution in [1.29, 1.82) is 0 Å². The fourth-order valence-corrected chi connectivity index (χ4v) is 5.34. The van der Waals surface area contributed by atoms with E-state index in [1.165, 1.54) is 0 Å². The van der Waals surface area contributed by atoms with Crippen molar-refractivity contribution in [3.8, 4) is 17.1 Å². The Bertz CT molecular complexity index is 1110. The quantitative estimate of drug-likeness (QED) is 0.561. The first-order valence-electron chi connectivity index (χ1n) is 12.6. The Balaban J connectivity index is 1.17. The molecule has 7 nitrogen and oxygen atoms in total. The van der Waals surface area contributed by atoms with E-state index in [-0.39, 0.29) is 5.91 Å². The lowest BCUT2D eigenvalue weighted by molar-refractivity contribution is -0.133. The summed E-state index contributed by atoms with van der Waals surface area (Å²) in [6.07, 6.45) is 2.44. The lowest BCUT2D eigenvalue weighted by Gasteiger charge is -2.38. The number of hydrogen-bond donors (Lipinski definition) is 1. The molecule has 2 aliphatic rings. The molecule has 1 amide bonds. The number of nitrogens with one attached hydrogen (secondary N) is 1. The Morgan fingerprint density at radius 1 is 1.06 bits per heavy atom. The number of amides is 1. The van der Waals surface area contributed by atoms with Gasteiger partial charge >= 0.3 is 0 Å². The van der Waals surface area contributed by atoms with Gasteiger partial charge in [-0.25, -0.2) is 0 Å². The molecule has 5 rings (SSSR count). The highest BCUT2D eigenvalue weighted by Crippen LogP contribution is 2.30. The minimum atomic E-state index is 0.270. The summed E-state index contributed by atoms with van der Waals surface area (Å²) < 4.78 is 11.1. The molecule has 1 aromatic heterocycles. The highest BCUT2D eigenvalue weighted by Gasteiger charge is 2.31. The molecule has 2 atom stereocenters. The van der Waals surface area contributed by atoms with E-state index in [0.717, 1.165) is 80.6 Å². The number of carbonyl (C=O) groups excluding carboxylic acids is 1. The highest BCUT2D eigenvalue weighted by atomic mass is 16.5. The van der Waals surface area contributed by atoms with Crippen LogP contribution < -0.4 is 15.0 Å². The molecule has 184 valence electrons. The predicted molar refractivity (Wildman–Crippen MR) is 137 cm³/mol. The van der Waals surface area contributed by atoms with Crippen molar-refractivity contribution in [1.82, 2.24) is 15.4 Å². The number of piperidine rings is 1. The first-order valence-corrected chi connectivity index (χ1v) is 12.6. The second-order valence-electron chi connectivity index (χ2n) is 9.51. The lowest BCUT2D eigenvalue weighted by Crippen LogP contribution is -2.50. The van der Waals surface area contributed by atoms with Crippen molar-refractivity contribution in [2.45, 2.75) is 19.3 Å². The highest BCUT2D eigenvalue weighted by molar-refractivity contribution is 5.77. The van der Waals surface area contributed by atoms with E-state index in [2.05, 4.69) is 21.4 Å². The zero-order valence-corrected chi connectivity index (χ0v) is 20.4. The molecule has 2 aliphatic heterocycles. The maximum Gasteiger partial charge on any atom is 0.222 e. The number of para-hydroxylation sites is 2. The Kier molecular flexibility index (Phi) is 7.33. The van der Waals surface area contributed by atoms with Crippen LogP contribution in [-0.2, 0) is 11.2 Å². The van der Waals surface area contributed by atoms with E-state index < -0.39 is 0 Å². The second kappa shape index (κ2) is 11.0. The first-order chi connectivity index (χ1) is 17.2. The van der Waals surface area contributed by atoms with Crippen LogP contribution in [0.25, 0.3) is 11.3 Å². The van der Waals surface area contributed by atoms with Crippen LogP contribution >= 0.6 is 0 Å². The molecule has 2 fully saturated rings. The molecular weight excluding hydrogens is 440 g/mol. The van der Waals surface area contributed by atoms with Crippen LogP contribution in [0.5, 0.6) is 5.75 Å². The Morgan fingerprint density at radius 3 is 2.63 bits per heavy atom. The second-order valence-corrected chi connectivity index (χ2v) is 9.51. The molecule has 3 aromatic rings. The van der Waals surface area contributed by atoms with E-state index >= 15 is 0 Å². The van der Waals surface area contributed by atoms with Gasteiger partial charge in [-0.3, -0.25) is 4.79 Å². The van der Waals surface area contributed by atoms with Crippen LogP contribution in [0.15, 0.2) is 65.2 Å². The smallest absolute Gasteiger partial charge is 0.222 e. The van der Waals surface area contributed by atoms with Crippen molar-refractivity contribution in [3.63, 3.8) is 0 Å². The Hall–Kier alpha value is -3.32. The van der Waals surface area contributed by atoms with Gasteiger partial charge in [0.05, 0.1) is 18.5 Å². The minimum Gasteiger partial charge on any atom is -0.495 e. The Labute approximate surface area is 207 Å². The number of anilines is 1. The van der Waals surface area contributed by atoms with Crippen molar-refractivity contribution in [3.05, 3.63) is 66.4 Å². The van der Waals surface area contributed by atoms with Gasteiger partial charge in [-0.15, -0.1) is 0 Å².